The number of nitrogens with one attached hydrogen (secondary N) is 1. The van der Waals surface area contributed by atoms with Crippen LogP contribution in [0.1, 0.15) is 16.8 Å². The molecular formula is C20H20N4O4S. The molecular weight excluding hydrogens is 392 g/mol. The van der Waals surface area contributed by atoms with E-state index in [0.29, 0.717) is 23.1 Å². The number of rotatable bonds is 8. The number of benzene rings is 2. The molecule has 3 rings (SSSR count). The Morgan fingerprint density at radius 1 is 1.21 bits per heavy atom. The molecule has 3 aromatic rings. The highest BCUT2D eigenvalue weighted by Crippen LogP contribution is 2.22. The first-order chi connectivity index (χ1) is 14.0. The maximum absolute atomic E-state index is 12.2. The van der Waals surface area contributed by atoms with Gasteiger partial charge in [-0.3, -0.25) is 14.9 Å². The SMILES string of the molecule is Cc1ccc(Cn2c(CO)cnc2SCC(=O)Nc2ccc([N+](=O)[O-])cc2)cc1. The molecule has 0 fully saturated rings. The Bertz CT molecular complexity index is 1000. The van der Waals surface area contributed by atoms with Gasteiger partial charge in [-0.05, 0) is 24.6 Å². The third-order valence-electron chi connectivity index (χ3n) is 4.22. The number of nitrogens with zero attached hydrogens (tertiary/aromatic N) is 3. The van der Waals surface area contributed by atoms with Crippen LogP contribution in [0.15, 0.2) is 59.9 Å². The minimum atomic E-state index is -0.492. The van der Waals surface area contributed by atoms with Gasteiger partial charge in [0.15, 0.2) is 5.16 Å². The van der Waals surface area contributed by atoms with E-state index in [2.05, 4.69) is 10.3 Å². The molecule has 29 heavy (non-hydrogen) atoms. The van der Waals surface area contributed by atoms with Crippen LogP contribution in [0.3, 0.4) is 0 Å². The van der Waals surface area contributed by atoms with Crippen LogP contribution in [0.5, 0.6) is 0 Å². The third kappa shape index (κ3) is 5.43. The van der Waals surface area contributed by atoms with Gasteiger partial charge in [0.25, 0.3) is 5.69 Å². The van der Waals surface area contributed by atoms with Crippen molar-refractivity contribution in [1.82, 2.24) is 9.55 Å². The molecule has 1 amide bonds. The summed E-state index contributed by atoms with van der Waals surface area (Å²) in [6, 6.07) is 13.7. The van der Waals surface area contributed by atoms with Crippen LogP contribution in [-0.4, -0.2) is 31.2 Å². The Balaban J connectivity index is 1.63. The molecule has 0 saturated heterocycles. The minimum Gasteiger partial charge on any atom is -0.390 e. The van der Waals surface area contributed by atoms with E-state index in [0.717, 1.165) is 5.56 Å². The normalized spacial score (nSPS) is 10.7. The smallest absolute Gasteiger partial charge is 0.269 e. The molecule has 0 aliphatic heterocycles. The van der Waals surface area contributed by atoms with Crippen LogP contribution in [0, 0.1) is 17.0 Å². The van der Waals surface area contributed by atoms with E-state index in [1.54, 1.807) is 6.20 Å². The van der Waals surface area contributed by atoms with Crippen LogP contribution >= 0.6 is 11.8 Å². The predicted molar refractivity (Wildman–Crippen MR) is 111 cm³/mol. The Morgan fingerprint density at radius 2 is 1.90 bits per heavy atom. The molecule has 0 aliphatic carbocycles. The minimum absolute atomic E-state index is 0.0351. The number of aliphatic hydroxyl groups excluding tert-OH is 1. The molecule has 150 valence electrons. The zero-order valence-corrected chi connectivity index (χ0v) is 16.6. The van der Waals surface area contributed by atoms with Gasteiger partial charge in [0.05, 0.1) is 29.2 Å². The number of hydrogen-bond donors (Lipinski definition) is 2. The molecule has 0 radical (unpaired) electrons. The maximum atomic E-state index is 12.2. The fourth-order valence-electron chi connectivity index (χ4n) is 2.67. The molecule has 1 aromatic heterocycles. The van der Waals surface area contributed by atoms with Crippen molar-refractivity contribution in [2.75, 3.05) is 11.1 Å². The lowest BCUT2D eigenvalue weighted by Crippen LogP contribution is -2.15. The molecule has 0 atom stereocenters. The number of amides is 1. The molecule has 8 nitrogen and oxygen atoms in total. The van der Waals surface area contributed by atoms with Gasteiger partial charge in [0.1, 0.15) is 0 Å². The van der Waals surface area contributed by atoms with E-state index < -0.39 is 4.92 Å². The second-order valence-corrected chi connectivity index (χ2v) is 7.35. The molecule has 2 N–H and O–H groups in total. The Kier molecular flexibility index (Phi) is 6.63. The highest BCUT2D eigenvalue weighted by atomic mass is 32.2. The van der Waals surface area contributed by atoms with Crippen LogP contribution in [-0.2, 0) is 17.9 Å². The van der Waals surface area contributed by atoms with Gasteiger partial charge in [-0.25, -0.2) is 4.98 Å². The molecule has 1 heterocycles. The Morgan fingerprint density at radius 3 is 2.52 bits per heavy atom. The largest absolute Gasteiger partial charge is 0.390 e. The van der Waals surface area contributed by atoms with E-state index in [4.69, 9.17) is 0 Å². The third-order valence-corrected chi connectivity index (χ3v) is 5.21. The number of imidazole rings is 1. The predicted octanol–water partition coefficient (Wildman–Crippen LogP) is 3.37. The summed E-state index contributed by atoms with van der Waals surface area (Å²) in [5.41, 5.74) is 3.36. The molecule has 0 bridgehead atoms. The number of aliphatic hydroxyl groups is 1. The number of thioether (sulfide) groups is 1. The van der Waals surface area contributed by atoms with Gasteiger partial charge in [-0.15, -0.1) is 0 Å². The summed E-state index contributed by atoms with van der Waals surface area (Å²) in [5, 5.41) is 23.6. The van der Waals surface area contributed by atoms with Crippen LogP contribution in [0.2, 0.25) is 0 Å². The molecule has 2 aromatic carbocycles. The summed E-state index contributed by atoms with van der Waals surface area (Å²) < 4.78 is 1.88. The average Bonchev–Trinajstić information content (AvgIpc) is 3.10. The quantitative estimate of drug-likeness (QED) is 0.333. The average molecular weight is 412 g/mol. The summed E-state index contributed by atoms with van der Waals surface area (Å²) in [4.78, 5) is 26.8. The number of nitro benzene ring substituents is 1. The molecule has 0 spiro atoms. The van der Waals surface area contributed by atoms with Crippen molar-refractivity contribution >= 4 is 29.0 Å². The van der Waals surface area contributed by atoms with Crippen molar-refractivity contribution in [3.63, 3.8) is 0 Å². The molecule has 0 aliphatic rings. The van der Waals surface area contributed by atoms with E-state index in [-0.39, 0.29) is 24.0 Å². The highest BCUT2D eigenvalue weighted by molar-refractivity contribution is 7.99. The first kappa shape index (κ1) is 20.6. The summed E-state index contributed by atoms with van der Waals surface area (Å²) in [5.74, 6) is -0.133. The first-order valence-electron chi connectivity index (χ1n) is 8.84. The number of carbonyl (C=O) groups excluding carboxylic acids is 1. The van der Waals surface area contributed by atoms with Crippen molar-refractivity contribution in [1.29, 1.82) is 0 Å². The lowest BCUT2D eigenvalue weighted by Gasteiger charge is -2.11. The van der Waals surface area contributed by atoms with E-state index >= 15 is 0 Å². The summed E-state index contributed by atoms with van der Waals surface area (Å²) in [6.07, 6.45) is 1.60. The second kappa shape index (κ2) is 9.35. The fraction of sp³-hybridized carbons (Fsp3) is 0.200. The lowest BCUT2D eigenvalue weighted by molar-refractivity contribution is -0.384. The summed E-state index contributed by atoms with van der Waals surface area (Å²) >= 11 is 1.26. The number of aryl methyl sites for hydroxylation is 1. The number of aromatic nitrogens is 2. The van der Waals surface area contributed by atoms with Crippen molar-refractivity contribution in [2.24, 2.45) is 0 Å². The highest BCUT2D eigenvalue weighted by Gasteiger charge is 2.13. The van der Waals surface area contributed by atoms with Gasteiger partial charge in [0.2, 0.25) is 5.91 Å². The summed E-state index contributed by atoms with van der Waals surface area (Å²) in [6.45, 7) is 2.42. The Hall–Kier alpha value is -3.17. The van der Waals surface area contributed by atoms with Gasteiger partial charge >= 0.3 is 0 Å². The van der Waals surface area contributed by atoms with Crippen molar-refractivity contribution in [3.8, 4) is 0 Å². The van der Waals surface area contributed by atoms with Gasteiger partial charge in [-0.1, -0.05) is 41.6 Å². The number of anilines is 1. The molecule has 0 saturated carbocycles. The van der Waals surface area contributed by atoms with Gasteiger partial charge in [0, 0.05) is 24.4 Å². The molecule has 9 heteroatoms. The maximum Gasteiger partial charge on any atom is 0.269 e. The number of hydrogen-bond acceptors (Lipinski definition) is 6. The monoisotopic (exact) mass is 412 g/mol. The second-order valence-electron chi connectivity index (χ2n) is 6.40. The van der Waals surface area contributed by atoms with E-state index in [1.807, 2.05) is 35.8 Å². The first-order valence-corrected chi connectivity index (χ1v) is 9.82. The molecule has 0 unspecified atom stereocenters. The van der Waals surface area contributed by atoms with Crippen LogP contribution in [0.25, 0.3) is 0 Å². The number of non-ortho nitro benzene ring substituents is 1. The Labute approximate surface area is 171 Å². The van der Waals surface area contributed by atoms with E-state index in [9.17, 15) is 20.0 Å². The topological polar surface area (TPSA) is 110 Å². The van der Waals surface area contributed by atoms with Crippen molar-refractivity contribution in [2.45, 2.75) is 25.2 Å². The fourth-order valence-corrected chi connectivity index (χ4v) is 3.47. The van der Waals surface area contributed by atoms with Crippen LogP contribution < -0.4 is 5.32 Å². The number of nitro groups is 1. The van der Waals surface area contributed by atoms with E-state index in [1.165, 1.54) is 41.6 Å². The standard InChI is InChI=1S/C20H20N4O4S/c1-14-2-4-15(5-3-14)11-23-18(12-25)10-21-20(23)29-13-19(26)22-16-6-8-17(9-7-16)24(27)28/h2-10,25H,11-13H2,1H3,(H,22,26). The van der Waals surface area contributed by atoms with Gasteiger partial charge in [-0.2, -0.15) is 0 Å². The van der Waals surface area contributed by atoms with Crippen molar-refractivity contribution < 1.29 is 14.8 Å². The summed E-state index contributed by atoms with van der Waals surface area (Å²) in [7, 11) is 0. The van der Waals surface area contributed by atoms with Gasteiger partial charge < -0.3 is 15.0 Å². The van der Waals surface area contributed by atoms with Crippen LogP contribution in [0.4, 0.5) is 11.4 Å². The van der Waals surface area contributed by atoms with Crippen molar-refractivity contribution in [3.05, 3.63) is 81.7 Å². The zero-order valence-electron chi connectivity index (χ0n) is 15.7. The zero-order chi connectivity index (χ0) is 20.8. The number of carbonyl (C=O) groups is 1. The lowest BCUT2D eigenvalue weighted by atomic mass is 10.1.